The summed E-state index contributed by atoms with van der Waals surface area (Å²) in [5.74, 6) is -1.42. The van der Waals surface area contributed by atoms with E-state index in [0.29, 0.717) is 5.69 Å². The van der Waals surface area contributed by atoms with Crippen molar-refractivity contribution in [3.63, 3.8) is 0 Å². The Bertz CT molecular complexity index is 554. The van der Waals surface area contributed by atoms with E-state index < -0.39 is 11.6 Å². The number of aliphatic carboxylic acids is 1. The standard InChI is InChI=1S/C14H20N2O4S/c1-13(2,3)11-15-9(8-21-11)10(17)16-6-4-14(20,5-7-16)12(18)19/h8,20H,4-7H2,1-3H3,(H,18,19). The molecule has 0 aliphatic carbocycles. The Labute approximate surface area is 127 Å². The van der Waals surface area contributed by atoms with Crippen molar-refractivity contribution in [2.75, 3.05) is 13.1 Å². The highest BCUT2D eigenvalue weighted by molar-refractivity contribution is 7.10. The van der Waals surface area contributed by atoms with Crippen LogP contribution in [-0.4, -0.2) is 50.7 Å². The molecule has 2 N–H and O–H groups in total. The largest absolute Gasteiger partial charge is 0.479 e. The van der Waals surface area contributed by atoms with Crippen molar-refractivity contribution in [3.05, 3.63) is 16.1 Å². The molecule has 0 aromatic carbocycles. The summed E-state index contributed by atoms with van der Waals surface area (Å²) in [6.45, 7) is 6.56. The number of hydrogen-bond donors (Lipinski definition) is 2. The molecule has 1 aromatic rings. The Morgan fingerprint density at radius 1 is 1.33 bits per heavy atom. The number of thiazole rings is 1. The molecule has 0 spiro atoms. The van der Waals surface area contributed by atoms with Crippen LogP contribution in [0, 0.1) is 0 Å². The monoisotopic (exact) mass is 312 g/mol. The van der Waals surface area contributed by atoms with Gasteiger partial charge in [-0.15, -0.1) is 11.3 Å². The van der Waals surface area contributed by atoms with Crippen molar-refractivity contribution < 1.29 is 19.8 Å². The number of hydrogen-bond acceptors (Lipinski definition) is 5. The van der Waals surface area contributed by atoms with Crippen molar-refractivity contribution in [1.29, 1.82) is 0 Å². The molecule has 2 rings (SSSR count). The minimum absolute atomic E-state index is 0.0460. The quantitative estimate of drug-likeness (QED) is 0.863. The van der Waals surface area contributed by atoms with Crippen LogP contribution in [0.15, 0.2) is 5.38 Å². The van der Waals surface area contributed by atoms with E-state index in [1.54, 1.807) is 10.3 Å². The molecule has 116 valence electrons. The number of nitrogens with zero attached hydrogens (tertiary/aromatic N) is 2. The summed E-state index contributed by atoms with van der Waals surface area (Å²) in [5, 5.41) is 21.5. The van der Waals surface area contributed by atoms with E-state index in [4.69, 9.17) is 5.11 Å². The number of carboxylic acid groups (broad SMARTS) is 1. The highest BCUT2D eigenvalue weighted by Gasteiger charge is 2.40. The molecule has 0 bridgehead atoms. The lowest BCUT2D eigenvalue weighted by atomic mass is 9.91. The molecule has 0 atom stereocenters. The van der Waals surface area contributed by atoms with Crippen LogP contribution in [-0.2, 0) is 10.2 Å². The second-order valence-corrected chi connectivity index (χ2v) is 7.27. The molecule has 1 aromatic heterocycles. The molecule has 21 heavy (non-hydrogen) atoms. The van der Waals surface area contributed by atoms with E-state index >= 15 is 0 Å². The molecular weight excluding hydrogens is 292 g/mol. The Morgan fingerprint density at radius 3 is 2.33 bits per heavy atom. The van der Waals surface area contributed by atoms with Crippen molar-refractivity contribution in [2.24, 2.45) is 0 Å². The summed E-state index contributed by atoms with van der Waals surface area (Å²) in [4.78, 5) is 29.3. The highest BCUT2D eigenvalue weighted by atomic mass is 32.1. The molecule has 1 aliphatic rings. The van der Waals surface area contributed by atoms with Gasteiger partial charge >= 0.3 is 5.97 Å². The van der Waals surface area contributed by atoms with Gasteiger partial charge in [-0.05, 0) is 0 Å². The molecule has 0 radical (unpaired) electrons. The Balaban J connectivity index is 2.06. The number of aliphatic hydroxyl groups is 1. The first kappa shape index (κ1) is 15.9. The molecule has 0 unspecified atom stereocenters. The van der Waals surface area contributed by atoms with Crippen LogP contribution >= 0.6 is 11.3 Å². The van der Waals surface area contributed by atoms with E-state index in [1.807, 2.05) is 20.8 Å². The fraction of sp³-hybridized carbons (Fsp3) is 0.643. The molecule has 1 saturated heterocycles. The number of amides is 1. The summed E-state index contributed by atoms with van der Waals surface area (Å²) in [7, 11) is 0. The average Bonchev–Trinajstić information content (AvgIpc) is 2.88. The van der Waals surface area contributed by atoms with Crippen LogP contribution in [0.1, 0.15) is 49.1 Å². The fourth-order valence-corrected chi connectivity index (χ4v) is 3.05. The van der Waals surface area contributed by atoms with Crippen LogP contribution in [0.3, 0.4) is 0 Å². The second-order valence-electron chi connectivity index (χ2n) is 6.42. The van der Waals surface area contributed by atoms with E-state index in [0.717, 1.165) is 5.01 Å². The van der Waals surface area contributed by atoms with E-state index in [-0.39, 0.29) is 37.3 Å². The van der Waals surface area contributed by atoms with Gasteiger partial charge in [0.2, 0.25) is 0 Å². The summed E-state index contributed by atoms with van der Waals surface area (Å²) < 4.78 is 0. The van der Waals surface area contributed by atoms with Gasteiger partial charge in [-0.3, -0.25) is 4.79 Å². The third-order valence-corrected chi connectivity index (χ3v) is 4.91. The minimum Gasteiger partial charge on any atom is -0.479 e. The number of carbonyl (C=O) groups excluding carboxylic acids is 1. The van der Waals surface area contributed by atoms with Gasteiger partial charge in [0.15, 0.2) is 5.60 Å². The molecular formula is C14H20N2O4S. The van der Waals surface area contributed by atoms with Gasteiger partial charge in [0, 0.05) is 36.7 Å². The highest BCUT2D eigenvalue weighted by Crippen LogP contribution is 2.27. The third kappa shape index (κ3) is 3.24. The van der Waals surface area contributed by atoms with Crippen LogP contribution in [0.5, 0.6) is 0 Å². The first-order valence-electron chi connectivity index (χ1n) is 6.84. The first-order valence-corrected chi connectivity index (χ1v) is 7.72. The van der Waals surface area contributed by atoms with Crippen molar-refractivity contribution in [3.8, 4) is 0 Å². The SMILES string of the molecule is CC(C)(C)c1nc(C(=O)N2CCC(O)(C(=O)O)CC2)cs1. The minimum atomic E-state index is -1.71. The fourth-order valence-electron chi connectivity index (χ4n) is 2.17. The van der Waals surface area contributed by atoms with Crippen molar-refractivity contribution in [1.82, 2.24) is 9.88 Å². The van der Waals surface area contributed by atoms with Crippen LogP contribution < -0.4 is 0 Å². The molecule has 1 aliphatic heterocycles. The Morgan fingerprint density at radius 2 is 1.90 bits per heavy atom. The number of piperidine rings is 1. The third-order valence-electron chi connectivity index (χ3n) is 3.64. The number of likely N-dealkylation sites (tertiary alicyclic amines) is 1. The average molecular weight is 312 g/mol. The number of aromatic nitrogens is 1. The zero-order valence-electron chi connectivity index (χ0n) is 12.4. The summed E-state index contributed by atoms with van der Waals surface area (Å²) in [6.07, 6.45) is 0.0919. The molecule has 6 nitrogen and oxygen atoms in total. The number of rotatable bonds is 2. The van der Waals surface area contributed by atoms with Gasteiger partial charge in [-0.2, -0.15) is 0 Å². The zero-order chi connectivity index (χ0) is 15.8. The molecule has 1 amide bonds. The van der Waals surface area contributed by atoms with Gasteiger partial charge < -0.3 is 15.1 Å². The Kier molecular flexibility index (Phi) is 4.08. The lowest BCUT2D eigenvalue weighted by Gasteiger charge is -2.34. The molecule has 7 heteroatoms. The van der Waals surface area contributed by atoms with Gasteiger partial charge in [-0.25, -0.2) is 9.78 Å². The van der Waals surface area contributed by atoms with E-state index in [2.05, 4.69) is 4.98 Å². The maximum Gasteiger partial charge on any atom is 0.335 e. The van der Waals surface area contributed by atoms with Gasteiger partial charge in [0.05, 0.1) is 5.01 Å². The zero-order valence-corrected chi connectivity index (χ0v) is 13.2. The van der Waals surface area contributed by atoms with Crippen molar-refractivity contribution in [2.45, 2.75) is 44.6 Å². The summed E-state index contributed by atoms with van der Waals surface area (Å²) in [6, 6.07) is 0. The predicted octanol–water partition coefficient (Wildman–Crippen LogP) is 1.49. The topological polar surface area (TPSA) is 90.7 Å². The lowest BCUT2D eigenvalue weighted by molar-refractivity contribution is -0.162. The maximum absolute atomic E-state index is 12.4. The number of carboxylic acids is 1. The van der Waals surface area contributed by atoms with Crippen LogP contribution in [0.4, 0.5) is 0 Å². The van der Waals surface area contributed by atoms with E-state index in [1.165, 1.54) is 11.3 Å². The summed E-state index contributed by atoms with van der Waals surface area (Å²) in [5.41, 5.74) is -1.42. The molecule has 0 saturated carbocycles. The Hall–Kier alpha value is -1.47. The first-order chi connectivity index (χ1) is 9.63. The molecule has 2 heterocycles. The normalized spacial score (nSPS) is 18.6. The van der Waals surface area contributed by atoms with Crippen LogP contribution in [0.2, 0.25) is 0 Å². The summed E-state index contributed by atoms with van der Waals surface area (Å²) >= 11 is 1.45. The van der Waals surface area contributed by atoms with Gasteiger partial charge in [0.1, 0.15) is 5.69 Å². The lowest BCUT2D eigenvalue weighted by Crippen LogP contribution is -2.50. The van der Waals surface area contributed by atoms with Crippen LogP contribution in [0.25, 0.3) is 0 Å². The van der Waals surface area contributed by atoms with E-state index in [9.17, 15) is 14.7 Å². The predicted molar refractivity (Wildman–Crippen MR) is 78.5 cm³/mol. The second kappa shape index (κ2) is 5.38. The molecule has 1 fully saturated rings. The van der Waals surface area contributed by atoms with Crippen molar-refractivity contribution >= 4 is 23.2 Å². The number of carbonyl (C=O) groups is 2. The van der Waals surface area contributed by atoms with Gasteiger partial charge in [0.25, 0.3) is 5.91 Å². The van der Waals surface area contributed by atoms with Gasteiger partial charge in [-0.1, -0.05) is 20.8 Å². The maximum atomic E-state index is 12.4. The smallest absolute Gasteiger partial charge is 0.335 e.